The average Bonchev–Trinajstić information content (AvgIpc) is 2.79. The van der Waals surface area contributed by atoms with Gasteiger partial charge in [0.05, 0.1) is 18.8 Å². The third-order valence-corrected chi connectivity index (χ3v) is 4.98. The first kappa shape index (κ1) is 33.5. The van der Waals surface area contributed by atoms with Crippen molar-refractivity contribution in [2.45, 2.75) is 98.7 Å². The van der Waals surface area contributed by atoms with E-state index < -0.39 is 54.9 Å². The van der Waals surface area contributed by atoms with Gasteiger partial charge in [-0.05, 0) is 78.0 Å². The molecule has 0 heterocycles. The Morgan fingerprint density at radius 3 is 1.79 bits per heavy atom. The molecule has 0 saturated carbocycles. The van der Waals surface area contributed by atoms with Crippen molar-refractivity contribution in [3.63, 3.8) is 0 Å². The lowest BCUT2D eigenvalue weighted by Crippen LogP contribution is -2.39. The zero-order valence-electron chi connectivity index (χ0n) is 23.9. The standard InChI is InChI=1S/C27H41NO11/c1-15(2)11-12-33-25(30)37-19(8)18(7)36-24(29)21(28)13-20-9-10-22(38-26(31)34-16(3)4)23(14-20)39-27(32)35-17(5)6/h9-10,14-19,21H,11-13,28H2,1-8H3/t18-,19-,21-/m0/s1. The summed E-state index contributed by atoms with van der Waals surface area (Å²) in [6, 6.07) is 3.19. The number of nitrogens with two attached hydrogens (primary N) is 1. The lowest BCUT2D eigenvalue weighted by Gasteiger charge is -2.22. The molecule has 39 heavy (non-hydrogen) atoms. The molecule has 1 aromatic rings. The minimum Gasteiger partial charge on any atom is -0.458 e. The summed E-state index contributed by atoms with van der Waals surface area (Å²) in [7, 11) is 0. The molecule has 1 rings (SSSR count). The largest absolute Gasteiger partial charge is 0.514 e. The summed E-state index contributed by atoms with van der Waals surface area (Å²) in [6.07, 6.45) is -4.62. The third kappa shape index (κ3) is 13.7. The Hall–Kier alpha value is -3.54. The molecule has 220 valence electrons. The maximum absolute atomic E-state index is 12.6. The maximum Gasteiger partial charge on any atom is 0.514 e. The van der Waals surface area contributed by atoms with Crippen molar-refractivity contribution in [2.75, 3.05) is 6.61 Å². The van der Waals surface area contributed by atoms with Crippen LogP contribution in [0.2, 0.25) is 0 Å². The molecule has 0 spiro atoms. The number of carbonyl (C=O) groups is 4. The van der Waals surface area contributed by atoms with Gasteiger partial charge in [-0.15, -0.1) is 0 Å². The topological polar surface area (TPSA) is 159 Å². The molecule has 0 radical (unpaired) electrons. The van der Waals surface area contributed by atoms with Gasteiger partial charge in [-0.3, -0.25) is 4.79 Å². The normalized spacial score (nSPS) is 13.3. The predicted octanol–water partition coefficient (Wildman–Crippen LogP) is 4.92. The number of benzene rings is 1. The van der Waals surface area contributed by atoms with E-state index in [1.54, 1.807) is 41.5 Å². The van der Waals surface area contributed by atoms with E-state index >= 15 is 0 Å². The molecule has 3 atom stereocenters. The van der Waals surface area contributed by atoms with Crippen molar-refractivity contribution < 1.29 is 52.3 Å². The van der Waals surface area contributed by atoms with E-state index in [1.807, 2.05) is 13.8 Å². The molecular weight excluding hydrogens is 514 g/mol. The molecule has 0 aromatic heterocycles. The van der Waals surface area contributed by atoms with E-state index in [1.165, 1.54) is 18.2 Å². The molecule has 0 saturated heterocycles. The molecule has 0 aliphatic heterocycles. The lowest BCUT2D eigenvalue weighted by atomic mass is 10.1. The lowest BCUT2D eigenvalue weighted by molar-refractivity contribution is -0.155. The van der Waals surface area contributed by atoms with Crippen LogP contribution in [0.15, 0.2) is 18.2 Å². The van der Waals surface area contributed by atoms with E-state index in [0.717, 1.165) is 0 Å². The van der Waals surface area contributed by atoms with Gasteiger partial charge in [-0.25, -0.2) is 14.4 Å². The molecule has 0 amide bonds. The van der Waals surface area contributed by atoms with Gasteiger partial charge in [0, 0.05) is 0 Å². The van der Waals surface area contributed by atoms with Crippen LogP contribution in [0.5, 0.6) is 11.5 Å². The average molecular weight is 556 g/mol. The van der Waals surface area contributed by atoms with Crippen LogP contribution in [0.25, 0.3) is 0 Å². The molecule has 0 aliphatic rings. The highest BCUT2D eigenvalue weighted by atomic mass is 16.8. The second-order valence-corrected chi connectivity index (χ2v) is 9.87. The summed E-state index contributed by atoms with van der Waals surface area (Å²) >= 11 is 0. The van der Waals surface area contributed by atoms with Crippen LogP contribution in [-0.2, 0) is 34.9 Å². The molecule has 2 N–H and O–H groups in total. The minimum absolute atomic E-state index is 0.00958. The highest BCUT2D eigenvalue weighted by molar-refractivity contribution is 5.76. The second-order valence-electron chi connectivity index (χ2n) is 9.87. The van der Waals surface area contributed by atoms with Crippen molar-refractivity contribution in [1.82, 2.24) is 0 Å². The molecule has 0 unspecified atom stereocenters. The number of hydrogen-bond acceptors (Lipinski definition) is 12. The zero-order chi connectivity index (χ0) is 29.7. The van der Waals surface area contributed by atoms with Gasteiger partial charge >= 0.3 is 24.4 Å². The van der Waals surface area contributed by atoms with E-state index in [0.29, 0.717) is 17.9 Å². The number of rotatable bonds is 13. The first-order valence-corrected chi connectivity index (χ1v) is 12.9. The SMILES string of the molecule is CC(C)CCOC(=O)O[C@@H](C)[C@H](C)OC(=O)[C@@H](N)Cc1ccc(OC(=O)OC(C)C)c(OC(=O)OC(C)C)c1. The minimum atomic E-state index is -1.11. The van der Waals surface area contributed by atoms with Crippen LogP contribution in [-0.4, -0.2) is 61.5 Å². The maximum atomic E-state index is 12.6. The van der Waals surface area contributed by atoms with Gasteiger partial charge in [0.25, 0.3) is 0 Å². The van der Waals surface area contributed by atoms with Crippen LogP contribution < -0.4 is 15.2 Å². The van der Waals surface area contributed by atoms with Gasteiger partial charge in [0.2, 0.25) is 0 Å². The van der Waals surface area contributed by atoms with Crippen LogP contribution in [0, 0.1) is 5.92 Å². The molecule has 0 fully saturated rings. The summed E-state index contributed by atoms with van der Waals surface area (Å²) in [5.74, 6) is -0.598. The van der Waals surface area contributed by atoms with Gasteiger partial charge in [0.15, 0.2) is 11.5 Å². The Bertz CT molecular complexity index is 961. The first-order chi connectivity index (χ1) is 18.2. The number of esters is 1. The zero-order valence-corrected chi connectivity index (χ0v) is 23.9. The van der Waals surface area contributed by atoms with Crippen molar-refractivity contribution >= 4 is 24.4 Å². The van der Waals surface area contributed by atoms with Gasteiger partial charge < -0.3 is 38.9 Å². The van der Waals surface area contributed by atoms with Crippen molar-refractivity contribution in [3.8, 4) is 11.5 Å². The molecule has 12 nitrogen and oxygen atoms in total. The Labute approximate surface area is 229 Å². The van der Waals surface area contributed by atoms with Crippen LogP contribution in [0.4, 0.5) is 14.4 Å². The summed E-state index contributed by atoms with van der Waals surface area (Å²) in [4.78, 5) is 48.4. The van der Waals surface area contributed by atoms with Gasteiger partial charge in [-0.1, -0.05) is 19.9 Å². The van der Waals surface area contributed by atoms with E-state index in [-0.39, 0.29) is 24.5 Å². The van der Waals surface area contributed by atoms with Crippen LogP contribution in [0.3, 0.4) is 0 Å². The van der Waals surface area contributed by atoms with E-state index in [4.69, 9.17) is 38.9 Å². The van der Waals surface area contributed by atoms with Crippen molar-refractivity contribution in [1.29, 1.82) is 0 Å². The third-order valence-electron chi connectivity index (χ3n) is 4.98. The fourth-order valence-electron chi connectivity index (χ4n) is 2.82. The summed E-state index contributed by atoms with van der Waals surface area (Å²) in [5.41, 5.74) is 6.51. The summed E-state index contributed by atoms with van der Waals surface area (Å²) < 4.78 is 35.8. The summed E-state index contributed by atoms with van der Waals surface area (Å²) in [6.45, 7) is 13.9. The highest BCUT2D eigenvalue weighted by Crippen LogP contribution is 2.30. The predicted molar refractivity (Wildman–Crippen MR) is 140 cm³/mol. The number of hydrogen-bond donors (Lipinski definition) is 1. The number of ether oxygens (including phenoxy) is 7. The molecule has 12 heteroatoms. The Balaban J connectivity index is 2.84. The highest BCUT2D eigenvalue weighted by Gasteiger charge is 2.25. The van der Waals surface area contributed by atoms with E-state index in [9.17, 15) is 19.2 Å². The molecule has 0 bridgehead atoms. The fraction of sp³-hybridized carbons (Fsp3) is 0.630. The monoisotopic (exact) mass is 555 g/mol. The first-order valence-electron chi connectivity index (χ1n) is 12.9. The van der Waals surface area contributed by atoms with E-state index in [2.05, 4.69) is 0 Å². The number of carbonyl (C=O) groups excluding carboxylic acids is 4. The molecule has 0 aliphatic carbocycles. The van der Waals surface area contributed by atoms with Crippen LogP contribution in [0.1, 0.15) is 67.4 Å². The Kier molecular flexibility index (Phi) is 14.1. The molecular formula is C27H41NO11. The smallest absolute Gasteiger partial charge is 0.458 e. The Morgan fingerprint density at radius 2 is 1.26 bits per heavy atom. The Morgan fingerprint density at radius 1 is 0.718 bits per heavy atom. The van der Waals surface area contributed by atoms with Crippen molar-refractivity contribution in [3.05, 3.63) is 23.8 Å². The quantitative estimate of drug-likeness (QED) is 0.199. The fourth-order valence-corrected chi connectivity index (χ4v) is 2.82. The molecule has 1 aromatic carbocycles. The second kappa shape index (κ2) is 16.4. The van der Waals surface area contributed by atoms with Crippen molar-refractivity contribution in [2.24, 2.45) is 11.7 Å². The summed E-state index contributed by atoms with van der Waals surface area (Å²) in [5, 5.41) is 0. The van der Waals surface area contributed by atoms with Gasteiger partial charge in [0.1, 0.15) is 18.2 Å². The van der Waals surface area contributed by atoms with Gasteiger partial charge in [-0.2, -0.15) is 0 Å². The van der Waals surface area contributed by atoms with Crippen LogP contribution >= 0.6 is 0 Å².